The van der Waals surface area contributed by atoms with Crippen LogP contribution in [0.5, 0.6) is 0 Å². The van der Waals surface area contributed by atoms with Gasteiger partial charge in [-0.05, 0) is 40.5 Å². The third-order valence-electron chi connectivity index (χ3n) is 3.62. The Bertz CT molecular complexity index is 409. The van der Waals surface area contributed by atoms with Crippen LogP contribution in [0, 0.1) is 0 Å². The highest BCUT2D eigenvalue weighted by atomic mass is 16.7. The summed E-state index contributed by atoms with van der Waals surface area (Å²) in [7, 11) is 0. The van der Waals surface area contributed by atoms with Gasteiger partial charge >= 0.3 is 5.97 Å². The van der Waals surface area contributed by atoms with Crippen molar-refractivity contribution in [2.75, 3.05) is 26.3 Å². The number of hydroxylamine groups is 2. The molecule has 23 heavy (non-hydrogen) atoms. The molecule has 0 atom stereocenters. The predicted octanol–water partition coefficient (Wildman–Crippen LogP) is 1.40. The summed E-state index contributed by atoms with van der Waals surface area (Å²) in [5.41, 5.74) is 4.45. The molecule has 0 aromatic carbocycles. The summed E-state index contributed by atoms with van der Waals surface area (Å²) in [6, 6.07) is 0. The summed E-state index contributed by atoms with van der Waals surface area (Å²) in [5.74, 6) is -0.597. The SMILES string of the molecule is CC(C)(CCOC(C)(C)CC(=O)ON1CCCC1=O)OCCN. The van der Waals surface area contributed by atoms with Crippen LogP contribution in [0.15, 0.2) is 0 Å². The van der Waals surface area contributed by atoms with E-state index in [1.807, 2.05) is 27.7 Å². The first-order valence-corrected chi connectivity index (χ1v) is 8.14. The molecule has 2 N–H and O–H groups in total. The molecule has 0 saturated carbocycles. The minimum absolute atomic E-state index is 0.0842. The minimum Gasteiger partial charge on any atom is -0.375 e. The third-order valence-corrected chi connectivity index (χ3v) is 3.62. The summed E-state index contributed by atoms with van der Waals surface area (Å²) in [6.45, 7) is 9.53. The summed E-state index contributed by atoms with van der Waals surface area (Å²) in [6.07, 6.45) is 1.94. The zero-order valence-corrected chi connectivity index (χ0v) is 14.7. The molecule has 1 amide bonds. The van der Waals surface area contributed by atoms with Gasteiger partial charge in [-0.2, -0.15) is 5.06 Å². The molecule has 1 rings (SSSR count). The first kappa shape index (κ1) is 19.9. The fourth-order valence-electron chi connectivity index (χ4n) is 2.25. The van der Waals surface area contributed by atoms with Gasteiger partial charge in [0.15, 0.2) is 0 Å². The van der Waals surface area contributed by atoms with Crippen LogP contribution in [-0.2, 0) is 23.9 Å². The fourth-order valence-corrected chi connectivity index (χ4v) is 2.25. The maximum absolute atomic E-state index is 11.9. The van der Waals surface area contributed by atoms with Gasteiger partial charge in [0.05, 0.1) is 37.4 Å². The third kappa shape index (κ3) is 7.76. The van der Waals surface area contributed by atoms with Crippen LogP contribution >= 0.6 is 0 Å². The van der Waals surface area contributed by atoms with Gasteiger partial charge in [-0.3, -0.25) is 4.79 Å². The summed E-state index contributed by atoms with van der Waals surface area (Å²) in [5, 5.41) is 1.14. The number of nitrogens with zero attached hydrogens (tertiary/aromatic N) is 1. The van der Waals surface area contributed by atoms with E-state index in [0.717, 1.165) is 11.5 Å². The molecule has 0 spiro atoms. The van der Waals surface area contributed by atoms with E-state index in [9.17, 15) is 9.59 Å². The van der Waals surface area contributed by atoms with Crippen molar-refractivity contribution in [2.45, 2.75) is 64.6 Å². The molecule has 1 heterocycles. The predicted molar refractivity (Wildman–Crippen MR) is 85.4 cm³/mol. The highest BCUT2D eigenvalue weighted by molar-refractivity contribution is 5.79. The van der Waals surface area contributed by atoms with Crippen LogP contribution < -0.4 is 5.73 Å². The van der Waals surface area contributed by atoms with Crippen molar-refractivity contribution in [1.29, 1.82) is 0 Å². The Hall–Kier alpha value is -1.18. The van der Waals surface area contributed by atoms with Gasteiger partial charge in [-0.25, -0.2) is 4.79 Å². The van der Waals surface area contributed by atoms with Crippen LogP contribution in [-0.4, -0.2) is 54.4 Å². The van der Waals surface area contributed by atoms with Gasteiger partial charge < -0.3 is 20.0 Å². The topological polar surface area (TPSA) is 91.1 Å². The van der Waals surface area contributed by atoms with Gasteiger partial charge in [0.1, 0.15) is 0 Å². The van der Waals surface area contributed by atoms with E-state index in [4.69, 9.17) is 20.0 Å². The van der Waals surface area contributed by atoms with Gasteiger partial charge in [0.2, 0.25) is 0 Å². The second kappa shape index (κ2) is 8.61. The molecule has 1 aliphatic heterocycles. The van der Waals surface area contributed by atoms with Crippen LogP contribution in [0.3, 0.4) is 0 Å². The van der Waals surface area contributed by atoms with Crippen molar-refractivity contribution < 1.29 is 23.9 Å². The summed E-state index contributed by atoms with van der Waals surface area (Å²) < 4.78 is 11.4. The van der Waals surface area contributed by atoms with Crippen molar-refractivity contribution >= 4 is 11.9 Å². The Labute approximate surface area is 138 Å². The summed E-state index contributed by atoms with van der Waals surface area (Å²) in [4.78, 5) is 28.5. The van der Waals surface area contributed by atoms with Crippen LogP contribution in [0.4, 0.5) is 0 Å². The zero-order chi connectivity index (χ0) is 17.5. The minimum atomic E-state index is -0.663. The van der Waals surface area contributed by atoms with E-state index in [2.05, 4.69) is 0 Å². The molecular weight excluding hydrogens is 300 g/mol. The molecule has 7 heteroatoms. The first-order chi connectivity index (χ1) is 10.7. The van der Waals surface area contributed by atoms with E-state index in [1.54, 1.807) is 0 Å². The molecule has 1 fully saturated rings. The average Bonchev–Trinajstić information content (AvgIpc) is 2.80. The van der Waals surface area contributed by atoms with Gasteiger partial charge in [0.25, 0.3) is 5.91 Å². The lowest BCUT2D eigenvalue weighted by atomic mass is 10.0. The second-order valence-electron chi connectivity index (χ2n) is 6.99. The lowest BCUT2D eigenvalue weighted by molar-refractivity contribution is -0.197. The second-order valence-corrected chi connectivity index (χ2v) is 6.99. The lowest BCUT2D eigenvalue weighted by Crippen LogP contribution is -2.36. The fraction of sp³-hybridized carbons (Fsp3) is 0.875. The highest BCUT2D eigenvalue weighted by Crippen LogP contribution is 2.20. The number of nitrogens with two attached hydrogens (primary N) is 1. The van der Waals surface area contributed by atoms with Crippen molar-refractivity contribution in [3.63, 3.8) is 0 Å². The standard InChI is InChI=1S/C16H30N2O5/c1-15(2,22-11-8-17)7-10-21-16(3,4)12-14(20)23-18-9-5-6-13(18)19/h5-12,17H2,1-4H3. The molecule has 1 saturated heterocycles. The van der Waals surface area contributed by atoms with E-state index in [0.29, 0.717) is 39.1 Å². The van der Waals surface area contributed by atoms with Gasteiger partial charge in [-0.15, -0.1) is 0 Å². The van der Waals surface area contributed by atoms with E-state index in [-0.39, 0.29) is 17.9 Å². The van der Waals surface area contributed by atoms with Crippen LogP contribution in [0.2, 0.25) is 0 Å². The molecule has 0 aromatic heterocycles. The van der Waals surface area contributed by atoms with E-state index >= 15 is 0 Å². The largest absolute Gasteiger partial charge is 0.375 e. The zero-order valence-electron chi connectivity index (χ0n) is 14.7. The van der Waals surface area contributed by atoms with Crippen molar-refractivity contribution in [2.24, 2.45) is 5.73 Å². The molecule has 0 aliphatic carbocycles. The Morgan fingerprint density at radius 1 is 1.17 bits per heavy atom. The number of carbonyl (C=O) groups excluding carboxylic acids is 2. The maximum atomic E-state index is 11.9. The number of rotatable bonds is 10. The molecule has 0 radical (unpaired) electrons. The normalized spacial score (nSPS) is 16.0. The van der Waals surface area contributed by atoms with Crippen LogP contribution in [0.1, 0.15) is 53.4 Å². The molecule has 1 aliphatic rings. The summed E-state index contributed by atoms with van der Waals surface area (Å²) >= 11 is 0. The molecule has 134 valence electrons. The number of amides is 1. The van der Waals surface area contributed by atoms with Gasteiger partial charge in [-0.1, -0.05) is 0 Å². The molecule has 7 nitrogen and oxygen atoms in total. The lowest BCUT2D eigenvalue weighted by Gasteiger charge is -2.29. The number of hydrogen-bond donors (Lipinski definition) is 1. The number of hydrogen-bond acceptors (Lipinski definition) is 6. The Morgan fingerprint density at radius 2 is 1.83 bits per heavy atom. The monoisotopic (exact) mass is 330 g/mol. The quantitative estimate of drug-likeness (QED) is 0.651. The first-order valence-electron chi connectivity index (χ1n) is 8.14. The number of carbonyl (C=O) groups is 2. The van der Waals surface area contributed by atoms with Crippen molar-refractivity contribution in [3.8, 4) is 0 Å². The molecular formula is C16H30N2O5. The Kier molecular flexibility index (Phi) is 7.44. The number of ether oxygens (including phenoxy) is 2. The smallest absolute Gasteiger partial charge is 0.335 e. The Balaban J connectivity index is 2.31. The van der Waals surface area contributed by atoms with Crippen molar-refractivity contribution in [3.05, 3.63) is 0 Å². The van der Waals surface area contributed by atoms with E-state index < -0.39 is 11.6 Å². The Morgan fingerprint density at radius 3 is 2.39 bits per heavy atom. The molecule has 0 unspecified atom stereocenters. The molecule has 0 aromatic rings. The highest BCUT2D eigenvalue weighted by Gasteiger charge is 2.29. The average molecular weight is 330 g/mol. The van der Waals surface area contributed by atoms with E-state index in [1.165, 1.54) is 0 Å². The molecule has 0 bridgehead atoms. The maximum Gasteiger partial charge on any atom is 0.335 e. The van der Waals surface area contributed by atoms with Crippen molar-refractivity contribution in [1.82, 2.24) is 5.06 Å². The van der Waals surface area contributed by atoms with Crippen LogP contribution in [0.25, 0.3) is 0 Å². The van der Waals surface area contributed by atoms with Gasteiger partial charge in [0, 0.05) is 13.0 Å².